The largest absolute Gasteiger partial charge is 2.00 e. The molecule has 0 aliphatic carbocycles. The molecule has 0 aromatic carbocycles. The standard InChI is InChI=1S/2C9H14N4O3.Zn/c2*1-4(10)8(14)6(7(11)9(15)16)5-2-12-3-13-5;/h2*2-4,6-7H,10-11H2,1H3,(H,12,13)(H,15,16);/q;;+2/p-2/t2*4-,6?,7-;/m00./s1. The van der Waals surface area contributed by atoms with E-state index in [0.717, 1.165) is 0 Å². The number of carboxylic acids is 2. The fourth-order valence-electron chi connectivity index (χ4n) is 2.76. The van der Waals surface area contributed by atoms with Gasteiger partial charge in [0.25, 0.3) is 0 Å². The van der Waals surface area contributed by atoms with Crippen molar-refractivity contribution in [1.29, 1.82) is 0 Å². The number of rotatable bonds is 10. The van der Waals surface area contributed by atoms with Crippen molar-refractivity contribution < 1.29 is 48.9 Å². The summed E-state index contributed by atoms with van der Waals surface area (Å²) >= 11 is 0. The number of Topliss-reactive ketones (excluding diaryl/α,β-unsaturated/α-hetero) is 2. The van der Waals surface area contributed by atoms with Crippen LogP contribution >= 0.6 is 0 Å². The van der Waals surface area contributed by atoms with Gasteiger partial charge in [-0.25, -0.2) is 9.97 Å². The van der Waals surface area contributed by atoms with Crippen LogP contribution in [0.15, 0.2) is 25.0 Å². The van der Waals surface area contributed by atoms with Gasteiger partial charge in [0, 0.05) is 23.8 Å². The Morgan fingerprint density at radius 3 is 1.24 bits per heavy atom. The molecule has 10 N–H and O–H groups in total. The van der Waals surface area contributed by atoms with Crippen molar-refractivity contribution in [2.45, 2.75) is 49.9 Å². The number of aromatic amines is 2. The number of ketones is 2. The monoisotopic (exact) mass is 514 g/mol. The molecule has 176 valence electrons. The van der Waals surface area contributed by atoms with Crippen LogP contribution in [0.25, 0.3) is 0 Å². The number of imidazole rings is 2. The maximum Gasteiger partial charge on any atom is 2.00 e. The summed E-state index contributed by atoms with van der Waals surface area (Å²) in [4.78, 5) is 57.6. The third-order valence-electron chi connectivity index (χ3n) is 4.48. The Labute approximate surface area is 201 Å². The minimum atomic E-state index is -1.51. The van der Waals surface area contributed by atoms with Crippen molar-refractivity contribution in [3.8, 4) is 0 Å². The summed E-state index contributed by atoms with van der Waals surface area (Å²) in [5, 5.41) is 21.4. The van der Waals surface area contributed by atoms with Gasteiger partial charge in [-0.15, -0.1) is 0 Å². The van der Waals surface area contributed by atoms with Gasteiger partial charge >= 0.3 is 19.5 Å². The molecule has 2 heterocycles. The number of nitrogens with one attached hydrogen (secondary N) is 2. The minimum Gasteiger partial charge on any atom is -0.548 e. The van der Waals surface area contributed by atoms with Gasteiger partial charge < -0.3 is 52.7 Å². The number of H-pyrrole nitrogens is 2. The molecule has 0 saturated heterocycles. The van der Waals surface area contributed by atoms with Crippen LogP contribution in [0.3, 0.4) is 0 Å². The van der Waals surface area contributed by atoms with Crippen LogP contribution in [0.5, 0.6) is 0 Å². The fraction of sp³-hybridized carbons (Fsp3) is 0.444. The van der Waals surface area contributed by atoms with E-state index in [2.05, 4.69) is 19.9 Å². The molecule has 2 unspecified atom stereocenters. The minimum absolute atomic E-state index is 0. The van der Waals surface area contributed by atoms with E-state index >= 15 is 0 Å². The van der Waals surface area contributed by atoms with Crippen LogP contribution in [0, 0.1) is 0 Å². The van der Waals surface area contributed by atoms with Gasteiger partial charge in [-0.05, 0) is 13.8 Å². The van der Waals surface area contributed by atoms with Gasteiger partial charge in [0.15, 0.2) is 11.6 Å². The van der Waals surface area contributed by atoms with Crippen LogP contribution in [0.1, 0.15) is 37.1 Å². The normalized spacial score (nSPS) is 15.9. The Morgan fingerprint density at radius 2 is 1.06 bits per heavy atom. The van der Waals surface area contributed by atoms with E-state index in [-0.39, 0.29) is 19.5 Å². The van der Waals surface area contributed by atoms with Crippen LogP contribution in [-0.2, 0) is 38.7 Å². The first-order chi connectivity index (χ1) is 14.9. The molecule has 14 nitrogen and oxygen atoms in total. The van der Waals surface area contributed by atoms with Gasteiger partial charge in [-0.1, -0.05) is 0 Å². The zero-order chi connectivity index (χ0) is 24.6. The number of nitrogens with zero attached hydrogens (tertiary/aromatic N) is 2. The Bertz CT molecular complexity index is 829. The van der Waals surface area contributed by atoms with Crippen LogP contribution in [0.2, 0.25) is 0 Å². The number of carboxylic acid groups (broad SMARTS) is 2. The molecule has 0 radical (unpaired) electrons. The number of aromatic nitrogens is 4. The summed E-state index contributed by atoms with van der Waals surface area (Å²) < 4.78 is 0. The van der Waals surface area contributed by atoms with Crippen LogP contribution in [-0.4, -0.2) is 67.6 Å². The molecule has 0 aliphatic heterocycles. The van der Waals surface area contributed by atoms with E-state index < -0.39 is 59.5 Å². The summed E-state index contributed by atoms with van der Waals surface area (Å²) in [5.41, 5.74) is 22.3. The van der Waals surface area contributed by atoms with Crippen molar-refractivity contribution in [2.75, 3.05) is 0 Å². The number of aliphatic carboxylic acids is 2. The molecule has 15 heteroatoms. The Hall–Kier alpha value is -2.84. The van der Waals surface area contributed by atoms with E-state index in [1.165, 1.54) is 38.9 Å². The molecule has 2 rings (SSSR count). The van der Waals surface area contributed by atoms with Gasteiger partial charge in [0.1, 0.15) is 0 Å². The fourth-order valence-corrected chi connectivity index (χ4v) is 2.76. The van der Waals surface area contributed by atoms with Gasteiger partial charge in [-0.3, -0.25) is 9.59 Å². The summed E-state index contributed by atoms with van der Waals surface area (Å²) in [6.45, 7) is 2.93. The third kappa shape index (κ3) is 8.22. The second kappa shape index (κ2) is 13.7. The van der Waals surface area contributed by atoms with E-state index in [1.807, 2.05) is 0 Å². The van der Waals surface area contributed by atoms with E-state index in [9.17, 15) is 29.4 Å². The smallest absolute Gasteiger partial charge is 0.548 e. The SMILES string of the molecule is C[C@H](N)C(=O)C(c1cnc[nH]1)[C@H](N)C(=O)[O-].C[C@H](N)C(=O)C(c1cnc[nH]1)[C@H](N)C(=O)[O-].[Zn+2]. The third-order valence-corrected chi connectivity index (χ3v) is 4.48. The van der Waals surface area contributed by atoms with E-state index in [0.29, 0.717) is 11.4 Å². The molecular formula is C18H26N8O6Zn. The second-order valence-corrected chi connectivity index (χ2v) is 7.04. The first kappa shape index (κ1) is 30.2. The molecule has 0 spiro atoms. The molecule has 0 aliphatic rings. The zero-order valence-corrected chi connectivity index (χ0v) is 21.1. The van der Waals surface area contributed by atoms with Crippen molar-refractivity contribution >= 4 is 23.5 Å². The molecule has 0 saturated carbocycles. The summed E-state index contributed by atoms with van der Waals surface area (Å²) in [5.74, 6) is -6.08. The van der Waals surface area contributed by atoms with Gasteiger partial charge in [0.05, 0.1) is 60.6 Å². The van der Waals surface area contributed by atoms with E-state index in [4.69, 9.17) is 22.9 Å². The Kier molecular flexibility index (Phi) is 12.5. The predicted octanol–water partition coefficient (Wildman–Crippen LogP) is -5.03. The number of hydrogen-bond donors (Lipinski definition) is 6. The van der Waals surface area contributed by atoms with Crippen LogP contribution < -0.4 is 33.1 Å². The predicted molar refractivity (Wildman–Crippen MR) is 106 cm³/mol. The summed E-state index contributed by atoms with van der Waals surface area (Å²) in [6.07, 6.45) is 5.35. The quantitative estimate of drug-likeness (QED) is 0.162. The molecule has 0 bridgehead atoms. The van der Waals surface area contributed by atoms with Crippen LogP contribution in [0.4, 0.5) is 0 Å². The van der Waals surface area contributed by atoms with Gasteiger partial charge in [-0.2, -0.15) is 0 Å². The summed E-state index contributed by atoms with van der Waals surface area (Å²) in [7, 11) is 0. The Balaban J connectivity index is 0.000000602. The number of carbonyl (C=O) groups is 4. The molecular weight excluding hydrogens is 490 g/mol. The molecule has 33 heavy (non-hydrogen) atoms. The molecule has 2 aromatic rings. The summed E-state index contributed by atoms with van der Waals surface area (Å²) in [6, 6.07) is -4.50. The van der Waals surface area contributed by atoms with E-state index in [1.54, 1.807) is 0 Å². The molecule has 6 atom stereocenters. The topological polar surface area (TPSA) is 276 Å². The zero-order valence-electron chi connectivity index (χ0n) is 18.1. The number of carbonyl (C=O) groups excluding carboxylic acids is 4. The first-order valence-corrected chi connectivity index (χ1v) is 9.38. The first-order valence-electron chi connectivity index (χ1n) is 9.38. The van der Waals surface area contributed by atoms with Crippen molar-refractivity contribution in [1.82, 2.24) is 19.9 Å². The van der Waals surface area contributed by atoms with Crippen molar-refractivity contribution in [3.63, 3.8) is 0 Å². The average Bonchev–Trinajstić information content (AvgIpc) is 3.42. The molecule has 0 amide bonds. The average molecular weight is 516 g/mol. The molecule has 2 aromatic heterocycles. The second-order valence-electron chi connectivity index (χ2n) is 7.04. The van der Waals surface area contributed by atoms with Gasteiger partial charge in [0.2, 0.25) is 0 Å². The Morgan fingerprint density at radius 1 is 0.758 bits per heavy atom. The van der Waals surface area contributed by atoms with Crippen molar-refractivity contribution in [2.24, 2.45) is 22.9 Å². The van der Waals surface area contributed by atoms with Crippen molar-refractivity contribution in [3.05, 3.63) is 36.4 Å². The molecule has 0 fully saturated rings. The maximum absolute atomic E-state index is 11.7. The number of nitrogens with two attached hydrogens (primary N) is 4. The maximum atomic E-state index is 11.7. The number of hydrogen-bond acceptors (Lipinski definition) is 12.